The third-order valence-electron chi connectivity index (χ3n) is 1.85. The number of rotatable bonds is 5. The van der Waals surface area contributed by atoms with E-state index in [4.69, 9.17) is 22.1 Å². The molecule has 0 fully saturated rings. The van der Waals surface area contributed by atoms with Crippen molar-refractivity contribution in [2.24, 2.45) is 4.99 Å². The standard InChI is InChI=1S/C13H15ClN2O/c1-2-3-7-16-8-4-9-17-13-6-5-11(15)10-12(13)14/h2-8,10H,9,15H2,1H3/b3-2-,8-4+,16-7-. The van der Waals surface area contributed by atoms with E-state index >= 15 is 0 Å². The predicted octanol–water partition coefficient (Wildman–Crippen LogP) is 3.46. The van der Waals surface area contributed by atoms with Crippen molar-refractivity contribution in [2.75, 3.05) is 12.3 Å². The van der Waals surface area contributed by atoms with Gasteiger partial charge >= 0.3 is 0 Å². The fraction of sp³-hybridized carbons (Fsp3) is 0.154. The van der Waals surface area contributed by atoms with Gasteiger partial charge in [-0.25, -0.2) is 0 Å². The number of hydrogen-bond acceptors (Lipinski definition) is 3. The number of nitrogen functional groups attached to an aromatic ring is 1. The van der Waals surface area contributed by atoms with E-state index in [1.807, 2.05) is 19.1 Å². The molecule has 90 valence electrons. The maximum atomic E-state index is 5.94. The van der Waals surface area contributed by atoms with Crippen molar-refractivity contribution in [1.82, 2.24) is 0 Å². The smallest absolute Gasteiger partial charge is 0.138 e. The SMILES string of the molecule is C\C=C/C=N\C=C\COc1ccc(N)cc1Cl. The van der Waals surface area contributed by atoms with Gasteiger partial charge in [0.1, 0.15) is 12.4 Å². The minimum absolute atomic E-state index is 0.414. The number of anilines is 1. The van der Waals surface area contributed by atoms with Crippen molar-refractivity contribution in [2.45, 2.75) is 6.92 Å². The molecule has 4 heteroatoms. The van der Waals surface area contributed by atoms with Gasteiger partial charge < -0.3 is 10.5 Å². The van der Waals surface area contributed by atoms with E-state index in [1.54, 1.807) is 36.7 Å². The van der Waals surface area contributed by atoms with Crippen LogP contribution in [0, 0.1) is 0 Å². The Bertz CT molecular complexity index is 439. The van der Waals surface area contributed by atoms with Crippen LogP contribution < -0.4 is 10.5 Å². The average Bonchev–Trinajstić information content (AvgIpc) is 2.30. The highest BCUT2D eigenvalue weighted by molar-refractivity contribution is 6.32. The minimum atomic E-state index is 0.414. The fourth-order valence-electron chi connectivity index (χ4n) is 1.06. The van der Waals surface area contributed by atoms with Gasteiger partial charge in [0.05, 0.1) is 5.02 Å². The molecule has 0 saturated heterocycles. The average molecular weight is 251 g/mol. The van der Waals surface area contributed by atoms with E-state index in [0.29, 0.717) is 23.1 Å². The molecule has 0 bridgehead atoms. The first-order valence-corrected chi connectivity index (χ1v) is 5.59. The van der Waals surface area contributed by atoms with Crippen LogP contribution in [0.25, 0.3) is 0 Å². The van der Waals surface area contributed by atoms with Crippen molar-refractivity contribution in [1.29, 1.82) is 0 Å². The van der Waals surface area contributed by atoms with E-state index < -0.39 is 0 Å². The molecule has 0 aliphatic rings. The van der Waals surface area contributed by atoms with Crippen molar-refractivity contribution in [3.63, 3.8) is 0 Å². The molecule has 1 aromatic carbocycles. The Hall–Kier alpha value is -1.74. The summed E-state index contributed by atoms with van der Waals surface area (Å²) in [7, 11) is 0. The molecule has 0 aliphatic heterocycles. The van der Waals surface area contributed by atoms with Crippen LogP contribution in [0.5, 0.6) is 5.75 Å². The monoisotopic (exact) mass is 250 g/mol. The quantitative estimate of drug-likeness (QED) is 0.643. The first kappa shape index (κ1) is 13.3. The summed E-state index contributed by atoms with van der Waals surface area (Å²) in [5.41, 5.74) is 6.19. The first-order valence-electron chi connectivity index (χ1n) is 5.21. The van der Waals surface area contributed by atoms with Crippen molar-refractivity contribution in [3.05, 3.63) is 47.6 Å². The zero-order chi connectivity index (χ0) is 12.5. The molecular formula is C13H15ClN2O. The molecule has 17 heavy (non-hydrogen) atoms. The summed E-state index contributed by atoms with van der Waals surface area (Å²) < 4.78 is 5.43. The number of hydrogen-bond donors (Lipinski definition) is 1. The molecule has 1 rings (SSSR count). The van der Waals surface area contributed by atoms with Gasteiger partial charge in [-0.1, -0.05) is 17.7 Å². The van der Waals surface area contributed by atoms with E-state index in [9.17, 15) is 0 Å². The summed E-state index contributed by atoms with van der Waals surface area (Å²) in [6, 6.07) is 5.15. The van der Waals surface area contributed by atoms with Crippen LogP contribution in [0.2, 0.25) is 5.02 Å². The lowest BCUT2D eigenvalue weighted by molar-refractivity contribution is 0.363. The lowest BCUT2D eigenvalue weighted by Crippen LogP contribution is -1.94. The molecule has 0 atom stereocenters. The second-order valence-electron chi connectivity index (χ2n) is 3.21. The topological polar surface area (TPSA) is 47.6 Å². The van der Waals surface area contributed by atoms with Crippen molar-refractivity contribution in [3.8, 4) is 5.75 Å². The highest BCUT2D eigenvalue weighted by atomic mass is 35.5. The summed E-state index contributed by atoms with van der Waals surface area (Å²) in [4.78, 5) is 4.00. The van der Waals surface area contributed by atoms with Crippen LogP contribution >= 0.6 is 11.6 Å². The van der Waals surface area contributed by atoms with Crippen LogP contribution in [0.15, 0.2) is 47.6 Å². The molecule has 2 N–H and O–H groups in total. The van der Waals surface area contributed by atoms with Crippen LogP contribution in [-0.4, -0.2) is 12.8 Å². The predicted molar refractivity (Wildman–Crippen MR) is 73.8 cm³/mol. The zero-order valence-electron chi connectivity index (χ0n) is 9.64. The Morgan fingerprint density at radius 3 is 3.00 bits per heavy atom. The van der Waals surface area contributed by atoms with E-state index in [2.05, 4.69) is 4.99 Å². The molecule has 1 aromatic rings. The lowest BCUT2D eigenvalue weighted by Gasteiger charge is -2.05. The van der Waals surface area contributed by atoms with Gasteiger partial charge in [-0.2, -0.15) is 0 Å². The molecule has 0 aromatic heterocycles. The molecule has 0 unspecified atom stereocenters. The molecule has 0 saturated carbocycles. The van der Waals surface area contributed by atoms with Crippen molar-refractivity contribution >= 4 is 23.5 Å². The number of aliphatic imine (C=N–C) groups is 1. The Labute approximate surface area is 106 Å². The van der Waals surface area contributed by atoms with Gasteiger partial charge in [0, 0.05) is 18.1 Å². The molecule has 0 spiro atoms. The van der Waals surface area contributed by atoms with E-state index in [1.165, 1.54) is 0 Å². The van der Waals surface area contributed by atoms with Gasteiger partial charge in [-0.05, 0) is 37.3 Å². The lowest BCUT2D eigenvalue weighted by atomic mass is 10.3. The Kier molecular flexibility index (Phi) is 5.89. The Morgan fingerprint density at radius 2 is 2.29 bits per heavy atom. The first-order chi connectivity index (χ1) is 8.24. The summed E-state index contributed by atoms with van der Waals surface area (Å²) >= 11 is 5.94. The molecule has 0 heterocycles. The third-order valence-corrected chi connectivity index (χ3v) is 2.14. The van der Waals surface area contributed by atoms with Crippen LogP contribution in [0.1, 0.15) is 6.92 Å². The minimum Gasteiger partial charge on any atom is -0.488 e. The molecule has 0 aliphatic carbocycles. The number of nitrogens with two attached hydrogens (primary N) is 1. The Balaban J connectivity index is 2.40. The normalized spacial score (nSPS) is 11.9. The van der Waals surface area contributed by atoms with Crippen molar-refractivity contribution < 1.29 is 4.74 Å². The molecular weight excluding hydrogens is 236 g/mol. The Morgan fingerprint density at radius 1 is 1.47 bits per heavy atom. The number of allylic oxidation sites excluding steroid dienone is 2. The summed E-state index contributed by atoms with van der Waals surface area (Å²) in [5.74, 6) is 0.614. The van der Waals surface area contributed by atoms with Crippen LogP contribution in [0.4, 0.5) is 5.69 Å². The number of halogens is 1. The van der Waals surface area contributed by atoms with Gasteiger partial charge in [-0.15, -0.1) is 0 Å². The maximum absolute atomic E-state index is 5.94. The highest BCUT2D eigenvalue weighted by Crippen LogP contribution is 2.26. The van der Waals surface area contributed by atoms with Gasteiger partial charge in [0.25, 0.3) is 0 Å². The van der Waals surface area contributed by atoms with Gasteiger partial charge in [0.15, 0.2) is 0 Å². The van der Waals surface area contributed by atoms with Crippen LogP contribution in [-0.2, 0) is 0 Å². The second kappa shape index (κ2) is 7.52. The summed E-state index contributed by atoms with van der Waals surface area (Å²) in [6.07, 6.45) is 8.93. The van der Waals surface area contributed by atoms with Crippen LogP contribution in [0.3, 0.4) is 0 Å². The van der Waals surface area contributed by atoms with Gasteiger partial charge in [0.2, 0.25) is 0 Å². The summed E-state index contributed by atoms with van der Waals surface area (Å²) in [6.45, 7) is 2.35. The maximum Gasteiger partial charge on any atom is 0.138 e. The highest BCUT2D eigenvalue weighted by Gasteiger charge is 1.99. The largest absolute Gasteiger partial charge is 0.488 e. The number of nitrogens with zero attached hydrogens (tertiary/aromatic N) is 1. The number of benzene rings is 1. The third kappa shape index (κ3) is 5.22. The molecule has 0 radical (unpaired) electrons. The van der Waals surface area contributed by atoms with Gasteiger partial charge in [-0.3, -0.25) is 4.99 Å². The fourth-order valence-corrected chi connectivity index (χ4v) is 1.30. The molecule has 3 nitrogen and oxygen atoms in total. The van der Waals surface area contributed by atoms with E-state index in [0.717, 1.165) is 0 Å². The van der Waals surface area contributed by atoms with E-state index in [-0.39, 0.29) is 0 Å². The summed E-state index contributed by atoms with van der Waals surface area (Å²) in [5, 5.41) is 0.510. The zero-order valence-corrected chi connectivity index (χ0v) is 10.4. The second-order valence-corrected chi connectivity index (χ2v) is 3.62. The molecule has 0 amide bonds. The number of ether oxygens (including phenoxy) is 1.